The van der Waals surface area contributed by atoms with Crippen LogP contribution in [-0.4, -0.2) is 53.2 Å². The summed E-state index contributed by atoms with van der Waals surface area (Å²) in [6.07, 6.45) is 3.24. The molecule has 4 heteroatoms. The molecule has 23 heavy (non-hydrogen) atoms. The van der Waals surface area contributed by atoms with Crippen molar-refractivity contribution in [2.45, 2.75) is 25.6 Å². The molecule has 0 amide bonds. The van der Waals surface area contributed by atoms with Gasteiger partial charge in [0, 0.05) is 38.1 Å². The van der Waals surface area contributed by atoms with Crippen molar-refractivity contribution in [3.05, 3.63) is 66.0 Å². The first-order valence-corrected chi connectivity index (χ1v) is 8.07. The molecule has 0 aliphatic rings. The molecule has 0 saturated carbocycles. The maximum absolute atomic E-state index is 10.4. The average Bonchev–Trinajstić information content (AvgIpc) is 2.55. The molecule has 0 fully saturated rings. The van der Waals surface area contributed by atoms with Crippen LogP contribution >= 0.6 is 0 Å². The van der Waals surface area contributed by atoms with Gasteiger partial charge in [0.2, 0.25) is 0 Å². The Balaban J connectivity index is 1.80. The minimum atomic E-state index is -0.377. The predicted octanol–water partition coefficient (Wildman–Crippen LogP) is 2.57. The highest BCUT2D eigenvalue weighted by Gasteiger charge is 2.16. The van der Waals surface area contributed by atoms with Crippen LogP contribution in [-0.2, 0) is 6.54 Å². The third kappa shape index (κ3) is 5.75. The molecule has 124 valence electrons. The molecule has 4 nitrogen and oxygen atoms in total. The monoisotopic (exact) mass is 313 g/mol. The highest BCUT2D eigenvalue weighted by Crippen LogP contribution is 2.17. The number of rotatable bonds is 8. The van der Waals surface area contributed by atoms with Gasteiger partial charge in [0.05, 0.1) is 6.10 Å². The van der Waals surface area contributed by atoms with Gasteiger partial charge in [-0.15, -0.1) is 0 Å². The summed E-state index contributed by atoms with van der Waals surface area (Å²) < 4.78 is 0. The van der Waals surface area contributed by atoms with Gasteiger partial charge in [-0.05, 0) is 44.3 Å². The van der Waals surface area contributed by atoms with Gasteiger partial charge in [0.15, 0.2) is 0 Å². The van der Waals surface area contributed by atoms with Gasteiger partial charge >= 0.3 is 0 Å². The Morgan fingerprint density at radius 3 is 2.30 bits per heavy atom. The molecule has 2 atom stereocenters. The third-order valence-electron chi connectivity index (χ3n) is 4.17. The van der Waals surface area contributed by atoms with E-state index < -0.39 is 0 Å². The second-order valence-corrected chi connectivity index (χ2v) is 6.23. The van der Waals surface area contributed by atoms with Crippen LogP contribution in [0.15, 0.2) is 54.9 Å². The lowest BCUT2D eigenvalue weighted by Crippen LogP contribution is -2.38. The van der Waals surface area contributed by atoms with E-state index in [0.717, 1.165) is 6.54 Å². The van der Waals surface area contributed by atoms with Crippen LogP contribution in [0.3, 0.4) is 0 Å². The van der Waals surface area contributed by atoms with Crippen molar-refractivity contribution < 1.29 is 5.11 Å². The van der Waals surface area contributed by atoms with Crippen LogP contribution in [0.5, 0.6) is 0 Å². The zero-order valence-corrected chi connectivity index (χ0v) is 14.3. The molecular formula is C19H27N3O. The van der Waals surface area contributed by atoms with Gasteiger partial charge in [-0.25, -0.2) is 0 Å². The van der Waals surface area contributed by atoms with Gasteiger partial charge in [0.1, 0.15) is 0 Å². The number of aliphatic hydroxyl groups is 1. The number of aliphatic hydroxyl groups excluding tert-OH is 1. The molecule has 1 heterocycles. The van der Waals surface area contributed by atoms with Crippen LogP contribution in [0.1, 0.15) is 24.1 Å². The molecule has 0 bridgehead atoms. The van der Waals surface area contributed by atoms with Gasteiger partial charge < -0.3 is 5.11 Å². The minimum Gasteiger partial charge on any atom is -0.390 e. The third-order valence-corrected chi connectivity index (χ3v) is 4.17. The Bertz CT molecular complexity index is 561. The first-order chi connectivity index (χ1) is 11.1. The normalized spacial score (nSPS) is 14.2. The van der Waals surface area contributed by atoms with E-state index in [-0.39, 0.29) is 12.1 Å². The summed E-state index contributed by atoms with van der Waals surface area (Å²) in [4.78, 5) is 8.39. The molecule has 2 unspecified atom stereocenters. The molecule has 0 aliphatic carbocycles. The number of aromatic nitrogens is 1. The van der Waals surface area contributed by atoms with E-state index in [4.69, 9.17) is 0 Å². The first kappa shape index (κ1) is 17.6. The molecule has 1 N–H and O–H groups in total. The summed E-state index contributed by atoms with van der Waals surface area (Å²) in [7, 11) is 4.09. The number of hydrogen-bond acceptors (Lipinski definition) is 4. The highest BCUT2D eigenvalue weighted by atomic mass is 16.3. The quantitative estimate of drug-likeness (QED) is 0.813. The Hall–Kier alpha value is -1.75. The van der Waals surface area contributed by atoms with Crippen LogP contribution in [0, 0.1) is 0 Å². The number of likely N-dealkylation sites (N-methyl/N-ethyl adjacent to an activating group) is 2. The lowest BCUT2D eigenvalue weighted by Gasteiger charge is -2.29. The zero-order valence-electron chi connectivity index (χ0n) is 14.3. The van der Waals surface area contributed by atoms with Crippen molar-refractivity contribution in [3.8, 4) is 0 Å². The maximum atomic E-state index is 10.4. The fraction of sp³-hybridized carbons (Fsp3) is 0.421. The average molecular weight is 313 g/mol. The Kier molecular flexibility index (Phi) is 6.71. The van der Waals surface area contributed by atoms with Crippen LogP contribution in [0.2, 0.25) is 0 Å². The summed E-state index contributed by atoms with van der Waals surface area (Å²) in [5.41, 5.74) is 2.48. The number of benzene rings is 1. The summed E-state index contributed by atoms with van der Waals surface area (Å²) in [6.45, 7) is 4.29. The molecule has 0 spiro atoms. The van der Waals surface area contributed by atoms with Crippen molar-refractivity contribution >= 4 is 0 Å². The van der Waals surface area contributed by atoms with Gasteiger partial charge in [-0.2, -0.15) is 0 Å². The minimum absolute atomic E-state index is 0.257. The number of hydrogen-bond donors (Lipinski definition) is 1. The van der Waals surface area contributed by atoms with Crippen molar-refractivity contribution in [3.63, 3.8) is 0 Å². The van der Waals surface area contributed by atoms with E-state index in [1.54, 1.807) is 0 Å². The Labute approximate surface area is 139 Å². The molecule has 0 radical (unpaired) electrons. The van der Waals surface area contributed by atoms with E-state index in [1.165, 1.54) is 11.1 Å². The van der Waals surface area contributed by atoms with Crippen LogP contribution in [0.4, 0.5) is 0 Å². The molecular weight excluding hydrogens is 286 g/mol. The Morgan fingerprint density at radius 2 is 1.65 bits per heavy atom. The van der Waals surface area contributed by atoms with Crippen molar-refractivity contribution in [2.75, 3.05) is 27.2 Å². The fourth-order valence-electron chi connectivity index (χ4n) is 2.76. The maximum Gasteiger partial charge on any atom is 0.0793 e. The van der Waals surface area contributed by atoms with Gasteiger partial charge in [-0.3, -0.25) is 14.8 Å². The summed E-state index contributed by atoms with van der Waals surface area (Å²) in [6, 6.07) is 14.6. The van der Waals surface area contributed by atoms with E-state index in [2.05, 4.69) is 33.8 Å². The van der Waals surface area contributed by atoms with Gasteiger partial charge in [0.25, 0.3) is 0 Å². The molecule has 0 aliphatic heterocycles. The molecule has 2 rings (SSSR count). The predicted molar refractivity (Wildman–Crippen MR) is 94.1 cm³/mol. The summed E-state index contributed by atoms with van der Waals surface area (Å²) in [5, 5.41) is 10.4. The highest BCUT2D eigenvalue weighted by molar-refractivity contribution is 5.15. The molecule has 1 aromatic heterocycles. The largest absolute Gasteiger partial charge is 0.390 e. The summed E-state index contributed by atoms with van der Waals surface area (Å²) >= 11 is 0. The van der Waals surface area contributed by atoms with E-state index in [0.29, 0.717) is 13.1 Å². The van der Waals surface area contributed by atoms with Crippen LogP contribution in [0.25, 0.3) is 0 Å². The molecule has 1 aromatic carbocycles. The van der Waals surface area contributed by atoms with Crippen molar-refractivity contribution in [2.24, 2.45) is 0 Å². The fourth-order valence-corrected chi connectivity index (χ4v) is 2.76. The smallest absolute Gasteiger partial charge is 0.0793 e. The lowest BCUT2D eigenvalue weighted by atomic mass is 10.1. The number of nitrogens with zero attached hydrogens (tertiary/aromatic N) is 3. The molecule has 0 saturated heterocycles. The molecule has 2 aromatic rings. The zero-order chi connectivity index (χ0) is 16.7. The lowest BCUT2D eigenvalue weighted by molar-refractivity contribution is 0.0767. The Morgan fingerprint density at radius 1 is 1.00 bits per heavy atom. The first-order valence-electron chi connectivity index (χ1n) is 8.07. The van der Waals surface area contributed by atoms with E-state index in [9.17, 15) is 5.11 Å². The number of pyridine rings is 1. The van der Waals surface area contributed by atoms with Gasteiger partial charge in [-0.1, -0.05) is 30.3 Å². The second kappa shape index (κ2) is 8.77. The van der Waals surface area contributed by atoms with Crippen LogP contribution < -0.4 is 0 Å². The second-order valence-electron chi connectivity index (χ2n) is 6.23. The van der Waals surface area contributed by atoms with Crippen molar-refractivity contribution in [1.82, 2.24) is 14.8 Å². The SMILES string of the molecule is CC(c1ccncc1)N(C)CC(O)CN(C)Cc1ccccc1. The van der Waals surface area contributed by atoms with E-state index in [1.807, 2.05) is 56.8 Å². The standard InChI is InChI=1S/C19H27N3O/c1-16(18-9-11-20-12-10-18)22(3)15-19(23)14-21(2)13-17-7-5-4-6-8-17/h4-12,16,19,23H,13-15H2,1-3H3. The van der Waals surface area contributed by atoms with E-state index >= 15 is 0 Å². The topological polar surface area (TPSA) is 39.6 Å². The van der Waals surface area contributed by atoms with Crippen molar-refractivity contribution in [1.29, 1.82) is 0 Å². The summed E-state index contributed by atoms with van der Waals surface area (Å²) in [5.74, 6) is 0.